The third-order valence-electron chi connectivity index (χ3n) is 4.86. The fourth-order valence-electron chi connectivity index (χ4n) is 3.23. The van der Waals surface area contributed by atoms with Crippen LogP contribution in [0.3, 0.4) is 0 Å². The molecule has 2 aromatic heterocycles. The van der Waals surface area contributed by atoms with E-state index in [0.717, 1.165) is 11.1 Å². The number of pyridine rings is 1. The molecule has 2 aromatic carbocycles. The quantitative estimate of drug-likeness (QED) is 0.328. The summed E-state index contributed by atoms with van der Waals surface area (Å²) in [7, 11) is 0. The lowest BCUT2D eigenvalue weighted by Gasteiger charge is -2.13. The number of carbonyl (C=O) groups excluding carboxylic acids is 1. The first kappa shape index (κ1) is 22.0. The Morgan fingerprint density at radius 2 is 1.91 bits per heavy atom. The van der Waals surface area contributed by atoms with Gasteiger partial charge in [-0.25, -0.2) is 14.5 Å². The van der Waals surface area contributed by atoms with Crippen molar-refractivity contribution in [3.8, 4) is 5.82 Å². The Balaban J connectivity index is 1.51. The molecule has 0 saturated heterocycles. The van der Waals surface area contributed by atoms with Crippen molar-refractivity contribution in [2.75, 3.05) is 12.3 Å². The van der Waals surface area contributed by atoms with Crippen LogP contribution in [0, 0.1) is 6.92 Å². The molecule has 0 bridgehead atoms. The van der Waals surface area contributed by atoms with Gasteiger partial charge in [0.05, 0.1) is 16.7 Å². The molecular weight excluding hydrogens is 444 g/mol. The summed E-state index contributed by atoms with van der Waals surface area (Å²) in [6, 6.07) is 18.4. The smallest absolute Gasteiger partial charge is 0.267 e. The molecule has 4 aromatic rings. The molecule has 0 unspecified atom stereocenters. The van der Waals surface area contributed by atoms with E-state index in [1.807, 2.05) is 49.4 Å². The van der Waals surface area contributed by atoms with Crippen molar-refractivity contribution < 1.29 is 4.79 Å². The van der Waals surface area contributed by atoms with E-state index in [0.29, 0.717) is 39.9 Å². The first-order valence-electron chi connectivity index (χ1n) is 10.1. The lowest BCUT2D eigenvalue weighted by Crippen LogP contribution is -2.28. The molecule has 32 heavy (non-hydrogen) atoms. The SMILES string of the molecule is Cc1ccnc(-n2c(SCC(=O)NCCc3ccc(Cl)cc3)nc3ccccc3c2=O)c1. The highest BCUT2D eigenvalue weighted by molar-refractivity contribution is 7.99. The molecule has 0 atom stereocenters. The molecule has 162 valence electrons. The highest BCUT2D eigenvalue weighted by Crippen LogP contribution is 2.20. The predicted molar refractivity (Wildman–Crippen MR) is 129 cm³/mol. The van der Waals surface area contributed by atoms with Gasteiger partial charge in [0.2, 0.25) is 5.91 Å². The number of thioether (sulfide) groups is 1. The molecule has 0 aliphatic rings. The zero-order chi connectivity index (χ0) is 22.5. The van der Waals surface area contributed by atoms with E-state index in [9.17, 15) is 9.59 Å². The third-order valence-corrected chi connectivity index (χ3v) is 6.05. The van der Waals surface area contributed by atoms with E-state index >= 15 is 0 Å². The maximum atomic E-state index is 13.2. The molecule has 0 aliphatic heterocycles. The van der Waals surface area contributed by atoms with Crippen molar-refractivity contribution in [1.29, 1.82) is 0 Å². The van der Waals surface area contributed by atoms with Crippen molar-refractivity contribution in [2.45, 2.75) is 18.5 Å². The minimum absolute atomic E-state index is 0.130. The Labute approximate surface area is 194 Å². The Morgan fingerprint density at radius 1 is 1.12 bits per heavy atom. The number of carbonyl (C=O) groups is 1. The van der Waals surface area contributed by atoms with E-state index in [2.05, 4.69) is 15.3 Å². The van der Waals surface area contributed by atoms with Gasteiger partial charge in [0.1, 0.15) is 5.82 Å². The van der Waals surface area contributed by atoms with E-state index in [-0.39, 0.29) is 17.2 Å². The number of aromatic nitrogens is 3. The van der Waals surface area contributed by atoms with E-state index < -0.39 is 0 Å². The highest BCUT2D eigenvalue weighted by atomic mass is 35.5. The average Bonchev–Trinajstić information content (AvgIpc) is 2.79. The minimum Gasteiger partial charge on any atom is -0.355 e. The second kappa shape index (κ2) is 9.97. The number of halogens is 1. The number of nitrogens with zero attached hydrogens (tertiary/aromatic N) is 3. The molecule has 8 heteroatoms. The van der Waals surface area contributed by atoms with Crippen LogP contribution in [0.4, 0.5) is 0 Å². The summed E-state index contributed by atoms with van der Waals surface area (Å²) in [5, 5.41) is 4.54. The van der Waals surface area contributed by atoms with Crippen LogP contribution in [0.15, 0.2) is 76.8 Å². The van der Waals surface area contributed by atoms with Crippen molar-refractivity contribution in [2.24, 2.45) is 0 Å². The third kappa shape index (κ3) is 5.18. The number of rotatable bonds is 7. The molecule has 0 fully saturated rings. The second-order valence-corrected chi connectivity index (χ2v) is 8.64. The summed E-state index contributed by atoms with van der Waals surface area (Å²) >= 11 is 7.12. The number of aryl methyl sites for hydroxylation is 1. The summed E-state index contributed by atoms with van der Waals surface area (Å²) < 4.78 is 1.47. The molecule has 6 nitrogen and oxygen atoms in total. The second-order valence-electron chi connectivity index (χ2n) is 7.26. The van der Waals surface area contributed by atoms with E-state index in [4.69, 9.17) is 11.6 Å². The van der Waals surface area contributed by atoms with Crippen molar-refractivity contribution in [3.63, 3.8) is 0 Å². The number of para-hydroxylation sites is 1. The summed E-state index contributed by atoms with van der Waals surface area (Å²) in [4.78, 5) is 34.6. The Hall–Kier alpha value is -3.16. The van der Waals surface area contributed by atoms with Crippen LogP contribution in [0.1, 0.15) is 11.1 Å². The van der Waals surface area contributed by atoms with Gasteiger partial charge in [-0.05, 0) is 60.9 Å². The zero-order valence-electron chi connectivity index (χ0n) is 17.4. The lowest BCUT2D eigenvalue weighted by atomic mass is 10.1. The van der Waals surface area contributed by atoms with Gasteiger partial charge in [0.15, 0.2) is 5.16 Å². The number of benzene rings is 2. The molecule has 0 saturated carbocycles. The van der Waals surface area contributed by atoms with Crippen LogP contribution in [-0.2, 0) is 11.2 Å². The molecule has 1 N–H and O–H groups in total. The van der Waals surface area contributed by atoms with Crippen LogP contribution < -0.4 is 10.9 Å². The Kier molecular flexibility index (Phi) is 6.87. The maximum Gasteiger partial charge on any atom is 0.267 e. The van der Waals surface area contributed by atoms with Crippen LogP contribution in [0.5, 0.6) is 0 Å². The van der Waals surface area contributed by atoms with Gasteiger partial charge in [-0.3, -0.25) is 9.59 Å². The largest absolute Gasteiger partial charge is 0.355 e. The Bertz CT molecular complexity index is 1320. The maximum absolute atomic E-state index is 13.2. The average molecular weight is 465 g/mol. The van der Waals surface area contributed by atoms with Gasteiger partial charge in [0, 0.05) is 17.8 Å². The molecule has 0 spiro atoms. The van der Waals surface area contributed by atoms with E-state index in [1.54, 1.807) is 24.4 Å². The summed E-state index contributed by atoms with van der Waals surface area (Å²) in [5.41, 5.74) is 2.45. The molecule has 2 heterocycles. The van der Waals surface area contributed by atoms with Gasteiger partial charge in [-0.1, -0.05) is 47.6 Å². The summed E-state index contributed by atoms with van der Waals surface area (Å²) in [6.45, 7) is 2.45. The van der Waals surface area contributed by atoms with Crippen molar-refractivity contribution in [1.82, 2.24) is 19.9 Å². The van der Waals surface area contributed by atoms with Crippen LogP contribution >= 0.6 is 23.4 Å². The number of hydrogen-bond acceptors (Lipinski definition) is 5. The highest BCUT2D eigenvalue weighted by Gasteiger charge is 2.15. The van der Waals surface area contributed by atoms with Gasteiger partial charge in [0.25, 0.3) is 5.56 Å². The molecule has 1 amide bonds. The fraction of sp³-hybridized carbons (Fsp3) is 0.167. The normalized spacial score (nSPS) is 10.9. The molecular formula is C24H21ClN4O2S. The number of hydrogen-bond donors (Lipinski definition) is 1. The van der Waals surface area contributed by atoms with Crippen LogP contribution in [-0.4, -0.2) is 32.7 Å². The summed E-state index contributed by atoms with van der Waals surface area (Å²) in [6.07, 6.45) is 2.37. The van der Waals surface area contributed by atoms with Crippen LogP contribution in [0.2, 0.25) is 5.02 Å². The van der Waals surface area contributed by atoms with Gasteiger partial charge in [-0.15, -0.1) is 0 Å². The van der Waals surface area contributed by atoms with Crippen molar-refractivity contribution >= 4 is 40.2 Å². The lowest BCUT2D eigenvalue weighted by molar-refractivity contribution is -0.118. The molecule has 4 rings (SSSR count). The molecule has 0 aliphatic carbocycles. The number of nitrogens with one attached hydrogen (secondary N) is 1. The topological polar surface area (TPSA) is 76.9 Å². The summed E-state index contributed by atoms with van der Waals surface area (Å²) in [5.74, 6) is 0.492. The monoisotopic (exact) mass is 464 g/mol. The van der Waals surface area contributed by atoms with E-state index in [1.165, 1.54) is 16.3 Å². The minimum atomic E-state index is -0.209. The standard InChI is InChI=1S/C24H21ClN4O2S/c1-16-10-12-26-21(14-16)29-23(31)19-4-2-3-5-20(19)28-24(29)32-15-22(30)27-13-11-17-6-8-18(25)9-7-17/h2-10,12,14H,11,13,15H2,1H3,(H,27,30). The predicted octanol–water partition coefficient (Wildman–Crippen LogP) is 4.19. The van der Waals surface area contributed by atoms with Crippen molar-refractivity contribution in [3.05, 3.63) is 93.4 Å². The molecule has 0 radical (unpaired) electrons. The number of amides is 1. The van der Waals surface area contributed by atoms with Gasteiger partial charge < -0.3 is 5.32 Å². The first-order valence-corrected chi connectivity index (χ1v) is 11.5. The zero-order valence-corrected chi connectivity index (χ0v) is 19.0. The fourth-order valence-corrected chi connectivity index (χ4v) is 4.19. The Morgan fingerprint density at radius 3 is 2.69 bits per heavy atom. The first-order chi connectivity index (χ1) is 15.5. The number of fused-ring (bicyclic) bond motifs is 1. The van der Waals surface area contributed by atoms with Crippen LogP contribution in [0.25, 0.3) is 16.7 Å². The van der Waals surface area contributed by atoms with Gasteiger partial charge in [-0.2, -0.15) is 0 Å². The van der Waals surface area contributed by atoms with Gasteiger partial charge >= 0.3 is 0 Å².